The molecule has 0 radical (unpaired) electrons. The summed E-state index contributed by atoms with van der Waals surface area (Å²) < 4.78 is 11.9. The van der Waals surface area contributed by atoms with Gasteiger partial charge in [0.05, 0.1) is 24.9 Å². The Morgan fingerprint density at radius 3 is 2.39 bits per heavy atom. The number of hydrogen-bond acceptors (Lipinski definition) is 7. The highest BCUT2D eigenvalue weighted by molar-refractivity contribution is 6.32. The van der Waals surface area contributed by atoms with E-state index < -0.39 is 0 Å². The largest absolute Gasteiger partial charge is 0.508 e. The third-order valence-corrected chi connectivity index (χ3v) is 6.08. The van der Waals surface area contributed by atoms with Gasteiger partial charge in [-0.15, -0.1) is 0 Å². The van der Waals surface area contributed by atoms with E-state index in [1.807, 2.05) is 54.6 Å². The van der Waals surface area contributed by atoms with Gasteiger partial charge in [0.2, 0.25) is 0 Å². The zero-order chi connectivity index (χ0) is 26.7. The Labute approximate surface area is 227 Å². The lowest BCUT2D eigenvalue weighted by molar-refractivity contribution is 0.293. The van der Waals surface area contributed by atoms with E-state index in [-0.39, 0.29) is 11.5 Å². The third-order valence-electron chi connectivity index (χ3n) is 5.77. The Balaban J connectivity index is 1.44. The van der Waals surface area contributed by atoms with Gasteiger partial charge in [0, 0.05) is 18.7 Å². The number of methoxy groups -OCH3 is 1. The van der Waals surface area contributed by atoms with Crippen LogP contribution in [0.1, 0.15) is 16.7 Å². The first-order valence-electron chi connectivity index (χ1n) is 12.2. The quantitative estimate of drug-likeness (QED) is 0.106. The third kappa shape index (κ3) is 7.41. The Hall–Kier alpha value is -4.20. The van der Waals surface area contributed by atoms with Crippen LogP contribution in [0, 0.1) is 0 Å². The summed E-state index contributed by atoms with van der Waals surface area (Å²) in [6.07, 6.45) is 1.72. The summed E-state index contributed by atoms with van der Waals surface area (Å²) in [6.45, 7) is 2.20. The predicted molar refractivity (Wildman–Crippen MR) is 151 cm³/mol. The van der Waals surface area contributed by atoms with E-state index in [2.05, 4.69) is 15.8 Å². The molecule has 7 nitrogen and oxygen atoms in total. The molecule has 0 aliphatic heterocycles. The normalized spacial score (nSPS) is 11.0. The zero-order valence-corrected chi connectivity index (χ0v) is 21.8. The lowest BCUT2D eigenvalue weighted by Crippen LogP contribution is -2.20. The molecule has 0 spiro atoms. The number of ether oxygens (including phenoxy) is 2. The topological polar surface area (TPSA) is 95.3 Å². The minimum Gasteiger partial charge on any atom is -0.508 e. The summed E-state index contributed by atoms with van der Waals surface area (Å²) in [6, 6.07) is 26.0. The number of phenolic OH excluding ortho intramolecular Hbond substituents is 2. The van der Waals surface area contributed by atoms with Gasteiger partial charge in [-0.1, -0.05) is 60.1 Å². The van der Waals surface area contributed by atoms with Crippen LogP contribution in [0.4, 0.5) is 0 Å². The summed E-state index contributed by atoms with van der Waals surface area (Å²) in [5.41, 5.74) is 7.73. The number of halogens is 1. The van der Waals surface area contributed by atoms with E-state index in [1.165, 1.54) is 0 Å². The number of hydrogen-bond donors (Lipinski definition) is 4. The molecule has 0 fully saturated rings. The van der Waals surface area contributed by atoms with Gasteiger partial charge >= 0.3 is 0 Å². The van der Waals surface area contributed by atoms with E-state index in [0.29, 0.717) is 42.8 Å². The molecule has 0 amide bonds. The predicted octanol–water partition coefficient (Wildman–Crippen LogP) is 5.72. The molecule has 8 heteroatoms. The second kappa shape index (κ2) is 13.4. The highest BCUT2D eigenvalue weighted by Gasteiger charge is 2.15. The molecule has 0 atom stereocenters. The first-order valence-corrected chi connectivity index (χ1v) is 12.5. The summed E-state index contributed by atoms with van der Waals surface area (Å²) in [4.78, 5) is 0. The van der Waals surface area contributed by atoms with E-state index in [4.69, 9.17) is 21.1 Å². The molecule has 0 saturated heterocycles. The number of nitrogens with zero attached hydrogens (tertiary/aromatic N) is 1. The number of phenols is 2. The van der Waals surface area contributed by atoms with Gasteiger partial charge in [-0.25, -0.2) is 0 Å². The fourth-order valence-corrected chi connectivity index (χ4v) is 4.02. The van der Waals surface area contributed by atoms with Crippen LogP contribution in [0.2, 0.25) is 5.02 Å². The van der Waals surface area contributed by atoms with Crippen LogP contribution < -0.4 is 20.2 Å². The molecule has 0 heterocycles. The van der Waals surface area contributed by atoms with Crippen LogP contribution in [-0.2, 0) is 13.1 Å². The zero-order valence-electron chi connectivity index (χ0n) is 21.0. The van der Waals surface area contributed by atoms with Crippen molar-refractivity contribution in [2.75, 3.05) is 20.3 Å². The molecule has 0 bridgehead atoms. The van der Waals surface area contributed by atoms with E-state index in [1.54, 1.807) is 43.7 Å². The van der Waals surface area contributed by atoms with Gasteiger partial charge < -0.3 is 30.4 Å². The monoisotopic (exact) mass is 531 g/mol. The van der Waals surface area contributed by atoms with Crippen LogP contribution in [0.5, 0.6) is 23.0 Å². The van der Waals surface area contributed by atoms with Gasteiger partial charge in [0.1, 0.15) is 18.1 Å². The Morgan fingerprint density at radius 2 is 1.66 bits per heavy atom. The van der Waals surface area contributed by atoms with Crippen molar-refractivity contribution in [3.63, 3.8) is 0 Å². The van der Waals surface area contributed by atoms with Crippen LogP contribution in [0.15, 0.2) is 90.0 Å². The standard InChI is InChI=1S/C30H30ClN3O4/c1-37-29-17-23(20-34-33-19-22-9-12-28(36)27(31)16-22)15-26(24-5-3-2-4-6-24)30(29)38-14-13-32-18-21-7-10-25(35)11-8-21/h2-12,15-17,20,32-33,35-36H,13-14,18-19H2,1H3/b34-20+. The first kappa shape index (κ1) is 26.9. The lowest BCUT2D eigenvalue weighted by atomic mass is 10.0. The fraction of sp³-hybridized carbons (Fsp3) is 0.167. The number of rotatable bonds is 12. The summed E-state index contributed by atoms with van der Waals surface area (Å²) in [5.74, 6) is 1.57. The fourth-order valence-electron chi connectivity index (χ4n) is 3.82. The molecule has 0 aromatic heterocycles. The molecule has 0 aliphatic rings. The van der Waals surface area contributed by atoms with Crippen molar-refractivity contribution in [1.29, 1.82) is 0 Å². The molecule has 4 N–H and O–H groups in total. The van der Waals surface area contributed by atoms with E-state index in [0.717, 1.165) is 27.8 Å². The van der Waals surface area contributed by atoms with Crippen molar-refractivity contribution in [3.05, 3.63) is 107 Å². The van der Waals surface area contributed by atoms with Crippen LogP contribution >= 0.6 is 11.6 Å². The maximum atomic E-state index is 9.58. The van der Waals surface area contributed by atoms with Gasteiger partial charge in [0.25, 0.3) is 0 Å². The summed E-state index contributed by atoms with van der Waals surface area (Å²) in [7, 11) is 1.62. The van der Waals surface area contributed by atoms with Crippen LogP contribution in [-0.4, -0.2) is 36.7 Å². The van der Waals surface area contributed by atoms with Crippen molar-refractivity contribution in [3.8, 4) is 34.1 Å². The maximum absolute atomic E-state index is 9.58. The molecule has 0 saturated carbocycles. The van der Waals surface area contributed by atoms with Crippen molar-refractivity contribution >= 4 is 17.8 Å². The van der Waals surface area contributed by atoms with Gasteiger partial charge in [-0.3, -0.25) is 0 Å². The highest BCUT2D eigenvalue weighted by Crippen LogP contribution is 2.39. The van der Waals surface area contributed by atoms with Crippen molar-refractivity contribution in [2.45, 2.75) is 13.1 Å². The first-order chi connectivity index (χ1) is 18.5. The van der Waals surface area contributed by atoms with Gasteiger partial charge in [0.15, 0.2) is 11.5 Å². The van der Waals surface area contributed by atoms with E-state index in [9.17, 15) is 10.2 Å². The molecule has 4 aromatic rings. The van der Waals surface area contributed by atoms with Crippen molar-refractivity contribution < 1.29 is 19.7 Å². The van der Waals surface area contributed by atoms with E-state index >= 15 is 0 Å². The minimum atomic E-state index is 0.0508. The number of hydrazone groups is 1. The molecule has 0 unspecified atom stereocenters. The molecule has 0 aliphatic carbocycles. The number of benzene rings is 4. The second-order valence-electron chi connectivity index (χ2n) is 8.54. The van der Waals surface area contributed by atoms with Crippen molar-refractivity contribution in [1.82, 2.24) is 10.7 Å². The number of aromatic hydroxyl groups is 2. The SMILES string of the molecule is COc1cc(/C=N/NCc2ccc(O)c(Cl)c2)cc(-c2ccccc2)c1OCCNCc1ccc(O)cc1. The molecular weight excluding hydrogens is 502 g/mol. The average Bonchev–Trinajstić information content (AvgIpc) is 2.94. The number of nitrogens with one attached hydrogen (secondary N) is 2. The lowest BCUT2D eigenvalue weighted by Gasteiger charge is -2.17. The van der Waals surface area contributed by atoms with Crippen molar-refractivity contribution in [2.24, 2.45) is 5.10 Å². The van der Waals surface area contributed by atoms with Crippen LogP contribution in [0.3, 0.4) is 0 Å². The second-order valence-corrected chi connectivity index (χ2v) is 8.94. The maximum Gasteiger partial charge on any atom is 0.169 e. The molecule has 38 heavy (non-hydrogen) atoms. The minimum absolute atomic E-state index is 0.0508. The Bertz CT molecular complexity index is 1360. The molecule has 4 aromatic carbocycles. The summed E-state index contributed by atoms with van der Waals surface area (Å²) >= 11 is 5.98. The molecule has 4 rings (SSSR count). The molecular formula is C30H30ClN3O4. The average molecular weight is 532 g/mol. The Kier molecular flexibility index (Phi) is 9.45. The smallest absolute Gasteiger partial charge is 0.169 e. The Morgan fingerprint density at radius 1 is 0.895 bits per heavy atom. The van der Waals surface area contributed by atoms with Gasteiger partial charge in [-0.05, 0) is 58.7 Å². The van der Waals surface area contributed by atoms with Gasteiger partial charge in [-0.2, -0.15) is 5.10 Å². The molecule has 196 valence electrons. The highest BCUT2D eigenvalue weighted by atomic mass is 35.5. The van der Waals surface area contributed by atoms with Crippen LogP contribution in [0.25, 0.3) is 11.1 Å². The summed E-state index contributed by atoms with van der Waals surface area (Å²) in [5, 5.41) is 27.0.